The molecule has 96 valence electrons. The number of carbonyl (C=O) groups excluding carboxylic acids is 1. The summed E-state index contributed by atoms with van der Waals surface area (Å²) in [6.45, 7) is 6.00. The monoisotopic (exact) mass is 247 g/mol. The molecule has 1 amide bonds. The summed E-state index contributed by atoms with van der Waals surface area (Å²) in [5, 5.41) is 0. The van der Waals surface area contributed by atoms with Gasteiger partial charge in [0.2, 0.25) is 5.91 Å². The van der Waals surface area contributed by atoms with Gasteiger partial charge in [-0.25, -0.2) is 15.0 Å². The van der Waals surface area contributed by atoms with Crippen LogP contribution in [0.3, 0.4) is 0 Å². The van der Waals surface area contributed by atoms with Gasteiger partial charge >= 0.3 is 0 Å². The number of hydrogen-bond acceptors (Lipinski definition) is 4. The highest BCUT2D eigenvalue weighted by Crippen LogP contribution is 2.07. The van der Waals surface area contributed by atoms with Crippen LogP contribution in [0.4, 0.5) is 0 Å². The van der Waals surface area contributed by atoms with E-state index in [0.717, 1.165) is 12.1 Å². The SMILES string of the molecule is CCC(=O)N(CC)CCn1cnc2ncncc21. The minimum atomic E-state index is 0.179. The zero-order chi connectivity index (χ0) is 13.0. The molecule has 6 nitrogen and oxygen atoms in total. The molecule has 0 atom stereocenters. The zero-order valence-electron chi connectivity index (χ0n) is 10.7. The molecule has 6 heteroatoms. The van der Waals surface area contributed by atoms with E-state index in [-0.39, 0.29) is 5.91 Å². The minimum Gasteiger partial charge on any atom is -0.341 e. The molecule has 0 spiro atoms. The first-order chi connectivity index (χ1) is 8.76. The predicted octanol–water partition coefficient (Wildman–Crippen LogP) is 1.08. The van der Waals surface area contributed by atoms with Crippen LogP contribution in [-0.2, 0) is 11.3 Å². The molecule has 2 aromatic heterocycles. The third-order valence-corrected chi connectivity index (χ3v) is 2.95. The summed E-state index contributed by atoms with van der Waals surface area (Å²) in [7, 11) is 0. The Labute approximate surface area is 106 Å². The molecule has 2 aromatic rings. The topological polar surface area (TPSA) is 63.9 Å². The van der Waals surface area contributed by atoms with Crippen LogP contribution in [0.15, 0.2) is 18.9 Å². The summed E-state index contributed by atoms with van der Waals surface area (Å²) >= 11 is 0. The fourth-order valence-corrected chi connectivity index (χ4v) is 1.89. The van der Waals surface area contributed by atoms with E-state index in [1.807, 2.05) is 23.3 Å². The van der Waals surface area contributed by atoms with E-state index in [9.17, 15) is 4.79 Å². The van der Waals surface area contributed by atoms with Crippen molar-refractivity contribution in [3.63, 3.8) is 0 Å². The Kier molecular flexibility index (Phi) is 3.86. The van der Waals surface area contributed by atoms with E-state index in [1.54, 1.807) is 12.5 Å². The smallest absolute Gasteiger partial charge is 0.222 e. The first-order valence-corrected chi connectivity index (χ1v) is 6.14. The average molecular weight is 247 g/mol. The Morgan fingerprint density at radius 1 is 1.39 bits per heavy atom. The van der Waals surface area contributed by atoms with Crippen LogP contribution in [0, 0.1) is 0 Å². The van der Waals surface area contributed by atoms with Crippen molar-refractivity contribution in [3.8, 4) is 0 Å². The van der Waals surface area contributed by atoms with Crippen molar-refractivity contribution in [2.24, 2.45) is 0 Å². The lowest BCUT2D eigenvalue weighted by molar-refractivity contribution is -0.130. The van der Waals surface area contributed by atoms with Crippen molar-refractivity contribution in [1.29, 1.82) is 0 Å². The molecule has 0 saturated carbocycles. The summed E-state index contributed by atoms with van der Waals surface area (Å²) in [5.74, 6) is 0.179. The number of amides is 1. The first kappa shape index (κ1) is 12.5. The van der Waals surface area contributed by atoms with Crippen LogP contribution < -0.4 is 0 Å². The van der Waals surface area contributed by atoms with E-state index in [1.165, 1.54) is 6.33 Å². The van der Waals surface area contributed by atoms with Crippen molar-refractivity contribution in [1.82, 2.24) is 24.4 Å². The lowest BCUT2D eigenvalue weighted by atomic mass is 10.3. The fraction of sp³-hybridized carbons (Fsp3) is 0.500. The maximum absolute atomic E-state index is 11.6. The lowest BCUT2D eigenvalue weighted by Gasteiger charge is -2.20. The van der Waals surface area contributed by atoms with Gasteiger partial charge in [0.05, 0.1) is 12.5 Å². The highest BCUT2D eigenvalue weighted by molar-refractivity contribution is 5.75. The lowest BCUT2D eigenvalue weighted by Crippen LogP contribution is -2.33. The molecule has 2 heterocycles. The predicted molar refractivity (Wildman–Crippen MR) is 67.9 cm³/mol. The van der Waals surface area contributed by atoms with Crippen LogP contribution in [0.1, 0.15) is 20.3 Å². The largest absolute Gasteiger partial charge is 0.341 e. The van der Waals surface area contributed by atoms with Gasteiger partial charge in [-0.1, -0.05) is 6.92 Å². The number of aromatic nitrogens is 4. The molecule has 18 heavy (non-hydrogen) atoms. The van der Waals surface area contributed by atoms with Gasteiger partial charge < -0.3 is 9.47 Å². The standard InChI is InChI=1S/C12H17N5O/c1-3-11(18)16(4-2)5-6-17-9-15-12-10(17)7-13-8-14-12/h7-9H,3-6H2,1-2H3. The molecule has 2 rings (SSSR count). The van der Waals surface area contributed by atoms with E-state index in [0.29, 0.717) is 25.2 Å². The second-order valence-electron chi connectivity index (χ2n) is 4.00. The number of likely N-dealkylation sites (N-methyl/N-ethyl adjacent to an activating group) is 1. The molecular formula is C12H17N5O. The minimum absolute atomic E-state index is 0.179. The Morgan fingerprint density at radius 3 is 2.94 bits per heavy atom. The van der Waals surface area contributed by atoms with E-state index >= 15 is 0 Å². The highest BCUT2D eigenvalue weighted by Gasteiger charge is 2.10. The maximum Gasteiger partial charge on any atom is 0.222 e. The van der Waals surface area contributed by atoms with Gasteiger partial charge in [0.15, 0.2) is 5.65 Å². The first-order valence-electron chi connectivity index (χ1n) is 6.14. The highest BCUT2D eigenvalue weighted by atomic mass is 16.2. The Hall–Kier alpha value is -1.98. The zero-order valence-corrected chi connectivity index (χ0v) is 10.7. The quantitative estimate of drug-likeness (QED) is 0.793. The van der Waals surface area contributed by atoms with Gasteiger partial charge in [-0.3, -0.25) is 4.79 Å². The Bertz CT molecular complexity index is 536. The van der Waals surface area contributed by atoms with Crippen LogP contribution in [0.25, 0.3) is 11.2 Å². The number of nitrogens with zero attached hydrogens (tertiary/aromatic N) is 5. The van der Waals surface area contributed by atoms with Crippen molar-refractivity contribution in [3.05, 3.63) is 18.9 Å². The van der Waals surface area contributed by atoms with Crippen molar-refractivity contribution in [2.75, 3.05) is 13.1 Å². The summed E-state index contributed by atoms with van der Waals surface area (Å²) in [5.41, 5.74) is 1.59. The normalized spacial score (nSPS) is 10.8. The van der Waals surface area contributed by atoms with Gasteiger partial charge in [-0.05, 0) is 6.92 Å². The molecule has 0 bridgehead atoms. The number of hydrogen-bond donors (Lipinski definition) is 0. The van der Waals surface area contributed by atoms with E-state index < -0.39 is 0 Å². The van der Waals surface area contributed by atoms with Crippen LogP contribution in [0.2, 0.25) is 0 Å². The number of rotatable bonds is 5. The van der Waals surface area contributed by atoms with Gasteiger partial charge in [0.25, 0.3) is 0 Å². The van der Waals surface area contributed by atoms with Gasteiger partial charge in [-0.2, -0.15) is 0 Å². The number of carbonyl (C=O) groups is 1. The van der Waals surface area contributed by atoms with Gasteiger partial charge in [0, 0.05) is 26.1 Å². The molecule has 0 aromatic carbocycles. The van der Waals surface area contributed by atoms with E-state index in [2.05, 4.69) is 15.0 Å². The van der Waals surface area contributed by atoms with Gasteiger partial charge in [-0.15, -0.1) is 0 Å². The van der Waals surface area contributed by atoms with Crippen molar-refractivity contribution < 1.29 is 4.79 Å². The molecule has 0 aliphatic rings. The molecule has 0 radical (unpaired) electrons. The third-order valence-electron chi connectivity index (χ3n) is 2.95. The molecule has 0 N–H and O–H groups in total. The van der Waals surface area contributed by atoms with Gasteiger partial charge in [0.1, 0.15) is 11.8 Å². The summed E-state index contributed by atoms with van der Waals surface area (Å²) in [6, 6.07) is 0. The summed E-state index contributed by atoms with van der Waals surface area (Å²) in [6.07, 6.45) is 5.51. The Morgan fingerprint density at radius 2 is 2.22 bits per heavy atom. The second kappa shape index (κ2) is 5.57. The molecule has 0 fully saturated rings. The fourth-order valence-electron chi connectivity index (χ4n) is 1.89. The Balaban J connectivity index is 2.07. The van der Waals surface area contributed by atoms with Crippen LogP contribution in [-0.4, -0.2) is 43.4 Å². The van der Waals surface area contributed by atoms with E-state index in [4.69, 9.17) is 0 Å². The number of fused-ring (bicyclic) bond motifs is 1. The third kappa shape index (κ3) is 2.47. The average Bonchev–Trinajstić information content (AvgIpc) is 2.82. The number of imidazole rings is 1. The molecule has 0 aliphatic heterocycles. The van der Waals surface area contributed by atoms with Crippen molar-refractivity contribution >= 4 is 17.1 Å². The summed E-state index contributed by atoms with van der Waals surface area (Å²) < 4.78 is 1.97. The summed E-state index contributed by atoms with van der Waals surface area (Å²) in [4.78, 5) is 25.7. The molecular weight excluding hydrogens is 230 g/mol. The maximum atomic E-state index is 11.6. The molecule has 0 unspecified atom stereocenters. The molecule has 0 saturated heterocycles. The molecule has 0 aliphatic carbocycles. The van der Waals surface area contributed by atoms with Crippen LogP contribution in [0.5, 0.6) is 0 Å². The second-order valence-corrected chi connectivity index (χ2v) is 4.00. The van der Waals surface area contributed by atoms with Crippen molar-refractivity contribution in [2.45, 2.75) is 26.8 Å². The van der Waals surface area contributed by atoms with Crippen LogP contribution >= 0.6 is 0 Å².